The van der Waals surface area contributed by atoms with Crippen LogP contribution >= 0.6 is 11.3 Å². The maximum Gasteiger partial charge on any atom is 0.266 e. The zero-order valence-electron chi connectivity index (χ0n) is 15.0. The second-order valence-electron chi connectivity index (χ2n) is 6.10. The summed E-state index contributed by atoms with van der Waals surface area (Å²) in [5, 5.41) is 9.17. The molecule has 29 heavy (non-hydrogen) atoms. The number of halogens is 1. The molecule has 0 atom stereocenters. The van der Waals surface area contributed by atoms with Crippen LogP contribution in [0.3, 0.4) is 0 Å². The number of benzene rings is 2. The number of sulfonamides is 1. The summed E-state index contributed by atoms with van der Waals surface area (Å²) < 4.78 is 43.2. The van der Waals surface area contributed by atoms with E-state index in [4.69, 9.17) is 0 Å². The monoisotopic (exact) mass is 429 g/mol. The summed E-state index contributed by atoms with van der Waals surface area (Å²) in [6.07, 6.45) is 3.27. The van der Waals surface area contributed by atoms with Gasteiger partial charge in [0.1, 0.15) is 10.7 Å². The van der Waals surface area contributed by atoms with Gasteiger partial charge in [0, 0.05) is 29.5 Å². The van der Waals surface area contributed by atoms with E-state index in [1.54, 1.807) is 16.1 Å². The predicted octanol–water partition coefficient (Wildman–Crippen LogP) is 4.07. The first-order chi connectivity index (χ1) is 14.0. The van der Waals surface area contributed by atoms with Crippen LogP contribution in [-0.4, -0.2) is 23.2 Å². The highest BCUT2D eigenvalue weighted by Crippen LogP contribution is 2.24. The van der Waals surface area contributed by atoms with Crippen molar-refractivity contribution in [2.75, 3.05) is 10.0 Å². The van der Waals surface area contributed by atoms with Gasteiger partial charge >= 0.3 is 0 Å². The van der Waals surface area contributed by atoms with E-state index in [0.29, 0.717) is 18.1 Å². The van der Waals surface area contributed by atoms with E-state index in [2.05, 4.69) is 20.1 Å². The first-order valence-electron chi connectivity index (χ1n) is 8.56. The molecule has 10 heteroatoms. The molecule has 0 aliphatic rings. The highest BCUT2D eigenvalue weighted by Gasteiger charge is 2.20. The molecule has 0 saturated carbocycles. The number of anilines is 3. The lowest BCUT2D eigenvalue weighted by atomic mass is 10.2. The fourth-order valence-corrected chi connectivity index (χ4v) is 4.52. The lowest BCUT2D eigenvalue weighted by Gasteiger charge is -2.09. The second-order valence-corrected chi connectivity index (χ2v) is 8.64. The maximum atomic E-state index is 14.5. The van der Waals surface area contributed by atoms with E-state index in [0.717, 1.165) is 23.0 Å². The van der Waals surface area contributed by atoms with Gasteiger partial charge in [0.05, 0.1) is 6.54 Å². The molecule has 2 heterocycles. The molecule has 0 aliphatic heterocycles. The van der Waals surface area contributed by atoms with Crippen molar-refractivity contribution in [1.82, 2.24) is 14.8 Å². The Morgan fingerprint density at radius 3 is 2.66 bits per heavy atom. The topological polar surface area (TPSA) is 88.9 Å². The molecule has 0 fully saturated rings. The number of rotatable bonds is 7. The summed E-state index contributed by atoms with van der Waals surface area (Å²) in [5.41, 5.74) is 1.50. The number of thiazole rings is 1. The molecule has 0 spiro atoms. The van der Waals surface area contributed by atoms with Crippen molar-refractivity contribution in [2.24, 2.45) is 0 Å². The van der Waals surface area contributed by atoms with Crippen LogP contribution in [0.25, 0.3) is 0 Å². The van der Waals surface area contributed by atoms with Crippen molar-refractivity contribution in [3.05, 3.63) is 83.8 Å². The van der Waals surface area contributed by atoms with Crippen LogP contribution < -0.4 is 10.0 Å². The molecule has 2 aromatic carbocycles. The van der Waals surface area contributed by atoms with E-state index >= 15 is 0 Å². The lowest BCUT2D eigenvalue weighted by molar-refractivity contribution is 0.570. The van der Waals surface area contributed by atoms with Gasteiger partial charge in [-0.1, -0.05) is 30.3 Å². The fourth-order valence-electron chi connectivity index (χ4n) is 2.68. The second kappa shape index (κ2) is 8.02. The predicted molar refractivity (Wildman–Crippen MR) is 110 cm³/mol. The molecule has 2 aromatic heterocycles. The molecule has 0 bridgehead atoms. The Bertz CT molecular complexity index is 1210. The van der Waals surface area contributed by atoms with Crippen LogP contribution in [0.4, 0.5) is 21.0 Å². The quantitative estimate of drug-likeness (QED) is 0.462. The average Bonchev–Trinajstić information content (AvgIpc) is 3.34. The molecule has 7 nitrogen and oxygen atoms in total. The summed E-state index contributed by atoms with van der Waals surface area (Å²) in [5.74, 6) is -0.348. The Hall–Kier alpha value is -3.24. The van der Waals surface area contributed by atoms with Crippen molar-refractivity contribution in [3.63, 3.8) is 0 Å². The minimum Gasteiger partial charge on any atom is -0.339 e. The van der Waals surface area contributed by atoms with Crippen LogP contribution in [0.2, 0.25) is 0 Å². The zero-order valence-corrected chi connectivity index (χ0v) is 16.6. The molecular weight excluding hydrogens is 413 g/mol. The third-order valence-electron chi connectivity index (χ3n) is 3.98. The molecule has 0 saturated heterocycles. The maximum absolute atomic E-state index is 14.5. The summed E-state index contributed by atoms with van der Waals surface area (Å²) in [4.78, 5) is 3.39. The van der Waals surface area contributed by atoms with E-state index in [1.807, 2.05) is 36.5 Å². The third kappa shape index (κ3) is 4.61. The Labute approximate surface area is 170 Å². The molecule has 0 unspecified atom stereocenters. The van der Waals surface area contributed by atoms with Crippen molar-refractivity contribution in [1.29, 1.82) is 0 Å². The number of hydrogen-bond donors (Lipinski definition) is 2. The molecule has 4 rings (SSSR count). The van der Waals surface area contributed by atoms with Gasteiger partial charge in [-0.25, -0.2) is 17.8 Å². The Balaban J connectivity index is 1.47. The number of nitrogens with one attached hydrogen (secondary N) is 2. The number of aromatic nitrogens is 3. The van der Waals surface area contributed by atoms with E-state index in [9.17, 15) is 12.8 Å². The van der Waals surface area contributed by atoms with Gasteiger partial charge in [0.15, 0.2) is 10.9 Å². The van der Waals surface area contributed by atoms with Crippen molar-refractivity contribution in [2.45, 2.75) is 11.4 Å². The molecule has 148 valence electrons. The van der Waals surface area contributed by atoms with Gasteiger partial charge in [0.2, 0.25) is 0 Å². The van der Waals surface area contributed by atoms with Gasteiger partial charge in [-0.05, 0) is 23.8 Å². The summed E-state index contributed by atoms with van der Waals surface area (Å²) in [6.45, 7) is 0.608. The first-order valence-corrected chi connectivity index (χ1v) is 10.9. The highest BCUT2D eigenvalue weighted by atomic mass is 32.2. The first kappa shape index (κ1) is 19.1. The minimum absolute atomic E-state index is 0.176. The molecule has 4 aromatic rings. The summed E-state index contributed by atoms with van der Waals surface area (Å²) in [7, 11) is -4.06. The van der Waals surface area contributed by atoms with Crippen molar-refractivity contribution in [3.8, 4) is 0 Å². The smallest absolute Gasteiger partial charge is 0.266 e. The van der Waals surface area contributed by atoms with Crippen LogP contribution in [-0.2, 0) is 16.6 Å². The van der Waals surface area contributed by atoms with Gasteiger partial charge in [0.25, 0.3) is 10.0 Å². The van der Waals surface area contributed by atoms with Crippen molar-refractivity contribution >= 4 is 38.0 Å². The lowest BCUT2D eigenvalue weighted by Crippen LogP contribution is -2.14. The standard InChI is InChI=1S/C19H16FN5O2S2/c20-16-12-15(6-7-17(16)29(26,27)24-19-21-9-11-28-19)22-18-8-10-25(23-18)13-14-4-2-1-3-5-14/h1-12H,13H2,(H,21,24)(H,22,23). The van der Waals surface area contributed by atoms with E-state index in [-0.39, 0.29) is 5.13 Å². The van der Waals surface area contributed by atoms with E-state index in [1.165, 1.54) is 18.3 Å². The molecule has 0 amide bonds. The Kier molecular flexibility index (Phi) is 5.28. The van der Waals surface area contributed by atoms with Crippen LogP contribution in [0.15, 0.2) is 77.3 Å². The molecular formula is C19H16FN5O2S2. The van der Waals surface area contributed by atoms with Gasteiger partial charge < -0.3 is 5.32 Å². The van der Waals surface area contributed by atoms with Gasteiger partial charge in [-0.15, -0.1) is 11.3 Å². The molecule has 2 N–H and O–H groups in total. The van der Waals surface area contributed by atoms with Crippen molar-refractivity contribution < 1.29 is 12.8 Å². The SMILES string of the molecule is O=S(=O)(Nc1nccs1)c1ccc(Nc2ccn(Cc3ccccc3)n2)cc1F. The minimum atomic E-state index is -4.06. The summed E-state index contributed by atoms with van der Waals surface area (Å²) >= 11 is 1.11. The Morgan fingerprint density at radius 1 is 1.10 bits per heavy atom. The number of nitrogens with zero attached hydrogens (tertiary/aromatic N) is 3. The summed E-state index contributed by atoms with van der Waals surface area (Å²) in [6, 6.07) is 15.4. The average molecular weight is 430 g/mol. The van der Waals surface area contributed by atoms with Crippen LogP contribution in [0.5, 0.6) is 0 Å². The Morgan fingerprint density at radius 2 is 1.93 bits per heavy atom. The zero-order chi connectivity index (χ0) is 20.3. The van der Waals surface area contributed by atoms with Gasteiger partial charge in [-0.2, -0.15) is 5.10 Å². The highest BCUT2D eigenvalue weighted by molar-refractivity contribution is 7.93. The largest absolute Gasteiger partial charge is 0.339 e. The normalized spacial score (nSPS) is 11.3. The van der Waals surface area contributed by atoms with Gasteiger partial charge in [-0.3, -0.25) is 9.40 Å². The molecule has 0 aliphatic carbocycles. The van der Waals surface area contributed by atoms with Crippen LogP contribution in [0, 0.1) is 5.82 Å². The molecule has 0 radical (unpaired) electrons. The fraction of sp³-hybridized carbons (Fsp3) is 0.0526. The van der Waals surface area contributed by atoms with Crippen LogP contribution in [0.1, 0.15) is 5.56 Å². The van der Waals surface area contributed by atoms with E-state index < -0.39 is 20.7 Å². The third-order valence-corrected chi connectivity index (χ3v) is 6.17. The number of hydrogen-bond acceptors (Lipinski definition) is 6.